The molecule has 0 N–H and O–H groups in total. The zero-order valence-corrected chi connectivity index (χ0v) is 15.4. The van der Waals surface area contributed by atoms with Crippen LogP contribution in [-0.2, 0) is 18.7 Å². The van der Waals surface area contributed by atoms with E-state index in [4.69, 9.17) is 13.9 Å². The van der Waals surface area contributed by atoms with Crippen molar-refractivity contribution in [2.75, 3.05) is 20.3 Å². The van der Waals surface area contributed by atoms with Gasteiger partial charge in [0, 0.05) is 13.2 Å². The van der Waals surface area contributed by atoms with Crippen LogP contribution in [0.2, 0.25) is 18.1 Å². The summed E-state index contributed by atoms with van der Waals surface area (Å²) in [5.41, 5.74) is 0. The number of hydrogen-bond acceptors (Lipinski definition) is 4. The van der Waals surface area contributed by atoms with E-state index in [1.165, 1.54) is 6.08 Å². The lowest BCUT2D eigenvalue weighted by Crippen LogP contribution is -2.42. The molecular formula is C16H30O4Si. The molecule has 0 saturated carbocycles. The van der Waals surface area contributed by atoms with Crippen LogP contribution in [0.5, 0.6) is 0 Å². The molecule has 0 amide bonds. The second kappa shape index (κ2) is 9.18. The lowest BCUT2D eigenvalue weighted by Gasteiger charge is -2.36. The van der Waals surface area contributed by atoms with E-state index in [1.54, 1.807) is 26.2 Å². The molecule has 5 heteroatoms. The van der Waals surface area contributed by atoms with E-state index in [0.29, 0.717) is 13.2 Å². The van der Waals surface area contributed by atoms with Gasteiger partial charge in [0.05, 0.1) is 19.3 Å². The lowest BCUT2D eigenvalue weighted by atomic mass is 10.2. The number of ether oxygens (including phenoxy) is 2. The molecule has 0 heterocycles. The molecule has 0 radical (unpaired) electrons. The van der Waals surface area contributed by atoms with E-state index in [1.807, 2.05) is 6.08 Å². The largest absolute Gasteiger partial charge is 0.463 e. The Morgan fingerprint density at radius 3 is 2.33 bits per heavy atom. The highest BCUT2D eigenvalue weighted by molar-refractivity contribution is 6.74. The summed E-state index contributed by atoms with van der Waals surface area (Å²) in [6, 6.07) is 0. The van der Waals surface area contributed by atoms with Crippen LogP contribution in [0.3, 0.4) is 0 Å². The Morgan fingerprint density at radius 2 is 1.86 bits per heavy atom. The quantitative estimate of drug-likeness (QED) is 0.296. The Morgan fingerprint density at radius 1 is 1.24 bits per heavy atom. The van der Waals surface area contributed by atoms with Crippen molar-refractivity contribution >= 4 is 14.3 Å². The lowest BCUT2D eigenvalue weighted by molar-refractivity contribution is -0.137. The fourth-order valence-electron chi connectivity index (χ4n) is 1.22. The van der Waals surface area contributed by atoms with Gasteiger partial charge in [0.1, 0.15) is 0 Å². The number of carbonyl (C=O) groups is 1. The van der Waals surface area contributed by atoms with Crippen molar-refractivity contribution in [1.29, 1.82) is 0 Å². The minimum atomic E-state index is -1.77. The van der Waals surface area contributed by atoms with Crippen molar-refractivity contribution in [3.63, 3.8) is 0 Å². The van der Waals surface area contributed by atoms with Crippen LogP contribution in [0.15, 0.2) is 24.3 Å². The van der Waals surface area contributed by atoms with E-state index in [-0.39, 0.29) is 17.1 Å². The summed E-state index contributed by atoms with van der Waals surface area (Å²) in [6.07, 6.45) is 6.58. The first-order valence-corrected chi connectivity index (χ1v) is 10.2. The summed E-state index contributed by atoms with van der Waals surface area (Å²) in [5.74, 6) is -0.339. The molecule has 0 saturated heterocycles. The number of allylic oxidation sites excluding steroid dienone is 2. The minimum absolute atomic E-state index is 0.119. The van der Waals surface area contributed by atoms with Crippen molar-refractivity contribution in [3.05, 3.63) is 24.3 Å². The number of carbonyl (C=O) groups excluding carboxylic acids is 1. The van der Waals surface area contributed by atoms with Gasteiger partial charge in [0.25, 0.3) is 0 Å². The van der Waals surface area contributed by atoms with Gasteiger partial charge in [-0.15, -0.1) is 0 Å². The predicted molar refractivity (Wildman–Crippen MR) is 88.9 cm³/mol. The molecule has 0 aromatic carbocycles. The van der Waals surface area contributed by atoms with Crippen LogP contribution >= 0.6 is 0 Å². The zero-order valence-electron chi connectivity index (χ0n) is 14.4. The fraction of sp³-hybridized carbons (Fsp3) is 0.688. The summed E-state index contributed by atoms with van der Waals surface area (Å²) in [6.45, 7) is 13.7. The third kappa shape index (κ3) is 8.19. The standard InChI is InChI=1S/C16H30O4Si/c1-8-19-15(17)12-10-9-11-14(18-5)13-20-21(6,7)16(2,3)4/h9-12,14H,8,13H2,1-7H3/b11-9+,12-10+/t14-/m0/s1. The number of methoxy groups -OCH3 is 1. The van der Waals surface area contributed by atoms with Crippen LogP contribution in [0.1, 0.15) is 27.7 Å². The molecule has 21 heavy (non-hydrogen) atoms. The maximum atomic E-state index is 11.1. The monoisotopic (exact) mass is 314 g/mol. The van der Waals surface area contributed by atoms with Crippen LogP contribution in [0, 0.1) is 0 Å². The van der Waals surface area contributed by atoms with E-state index in [2.05, 4.69) is 33.9 Å². The van der Waals surface area contributed by atoms with E-state index in [9.17, 15) is 4.79 Å². The van der Waals surface area contributed by atoms with Crippen molar-refractivity contribution in [2.24, 2.45) is 0 Å². The van der Waals surface area contributed by atoms with E-state index in [0.717, 1.165) is 0 Å². The Hall–Kier alpha value is -0.913. The van der Waals surface area contributed by atoms with Gasteiger partial charge in [0.15, 0.2) is 8.32 Å². The molecule has 0 fully saturated rings. The number of rotatable bonds is 8. The van der Waals surface area contributed by atoms with Gasteiger partial charge in [-0.1, -0.05) is 39.0 Å². The molecule has 0 aliphatic carbocycles. The SMILES string of the molecule is CCOC(=O)/C=C/C=C/[C@@H](CO[Si](C)(C)C(C)(C)C)OC. The average Bonchev–Trinajstić information content (AvgIpc) is 2.37. The molecule has 0 aromatic heterocycles. The third-order valence-electron chi connectivity index (χ3n) is 3.67. The Labute approximate surface area is 130 Å². The summed E-state index contributed by atoms with van der Waals surface area (Å²) in [5, 5.41) is 0.179. The Kier molecular flexibility index (Phi) is 8.78. The maximum absolute atomic E-state index is 11.1. The van der Waals surface area contributed by atoms with Gasteiger partial charge in [0.2, 0.25) is 0 Å². The topological polar surface area (TPSA) is 44.8 Å². The molecule has 0 aliphatic heterocycles. The van der Waals surface area contributed by atoms with Crippen LogP contribution in [0.4, 0.5) is 0 Å². The minimum Gasteiger partial charge on any atom is -0.463 e. The first kappa shape index (κ1) is 20.1. The highest BCUT2D eigenvalue weighted by Crippen LogP contribution is 2.36. The second-order valence-corrected chi connectivity index (χ2v) is 11.2. The first-order valence-electron chi connectivity index (χ1n) is 7.32. The van der Waals surface area contributed by atoms with Crippen molar-refractivity contribution < 1.29 is 18.7 Å². The molecule has 0 spiro atoms. The average molecular weight is 314 g/mol. The van der Waals surface area contributed by atoms with Crippen LogP contribution in [0.25, 0.3) is 0 Å². The molecule has 0 bridgehead atoms. The highest BCUT2D eigenvalue weighted by atomic mass is 28.4. The summed E-state index contributed by atoms with van der Waals surface area (Å²) < 4.78 is 16.3. The fourth-order valence-corrected chi connectivity index (χ4v) is 2.24. The van der Waals surface area contributed by atoms with Gasteiger partial charge in [-0.3, -0.25) is 0 Å². The van der Waals surface area contributed by atoms with Crippen LogP contribution in [-0.4, -0.2) is 40.7 Å². The van der Waals surface area contributed by atoms with Crippen LogP contribution < -0.4 is 0 Å². The Balaban J connectivity index is 4.38. The molecule has 1 atom stereocenters. The molecule has 0 aliphatic rings. The molecular weight excluding hydrogens is 284 g/mol. The van der Waals surface area contributed by atoms with Gasteiger partial charge < -0.3 is 13.9 Å². The second-order valence-electron chi connectivity index (χ2n) is 6.34. The number of esters is 1. The van der Waals surface area contributed by atoms with E-state index >= 15 is 0 Å². The first-order chi connectivity index (χ1) is 9.64. The van der Waals surface area contributed by atoms with Gasteiger partial charge in [-0.05, 0) is 25.1 Å². The normalized spacial score (nSPS) is 14.8. The van der Waals surface area contributed by atoms with Crippen molar-refractivity contribution in [2.45, 2.75) is 51.9 Å². The highest BCUT2D eigenvalue weighted by Gasteiger charge is 2.37. The summed E-state index contributed by atoms with van der Waals surface area (Å²) in [7, 11) is -0.114. The zero-order chi connectivity index (χ0) is 16.5. The smallest absolute Gasteiger partial charge is 0.330 e. The van der Waals surface area contributed by atoms with Gasteiger partial charge >= 0.3 is 5.97 Å². The number of hydrogen-bond donors (Lipinski definition) is 0. The van der Waals surface area contributed by atoms with Gasteiger partial charge in [-0.25, -0.2) is 4.79 Å². The van der Waals surface area contributed by atoms with Gasteiger partial charge in [-0.2, -0.15) is 0 Å². The molecule has 0 aromatic rings. The molecule has 0 rings (SSSR count). The molecule has 122 valence electrons. The maximum Gasteiger partial charge on any atom is 0.330 e. The Bertz CT molecular complexity index is 367. The summed E-state index contributed by atoms with van der Waals surface area (Å²) >= 11 is 0. The van der Waals surface area contributed by atoms with Crippen molar-refractivity contribution in [1.82, 2.24) is 0 Å². The predicted octanol–water partition coefficient (Wildman–Crippen LogP) is 3.70. The molecule has 0 unspecified atom stereocenters. The van der Waals surface area contributed by atoms with Crippen molar-refractivity contribution in [3.8, 4) is 0 Å². The molecule has 4 nitrogen and oxygen atoms in total. The van der Waals surface area contributed by atoms with E-state index < -0.39 is 8.32 Å². The summed E-state index contributed by atoms with van der Waals surface area (Å²) in [4.78, 5) is 11.1. The third-order valence-corrected chi connectivity index (χ3v) is 8.17.